The number of hydrogen-bond acceptors (Lipinski definition) is 4. The fraction of sp³-hybridized carbons (Fsp3) is 0.316. The van der Waals surface area contributed by atoms with Crippen LogP contribution in [0.3, 0.4) is 0 Å². The first-order valence-electron chi connectivity index (χ1n) is 15.8. The predicted octanol–water partition coefficient (Wildman–Crippen LogP) is 13.4. The Hall–Kier alpha value is -3.36. The number of phenols is 2. The van der Waals surface area contributed by atoms with Crippen molar-refractivity contribution in [2.75, 3.05) is 0 Å². The number of hydrogen-bond donors (Lipinski definition) is 2. The Kier molecular flexibility index (Phi) is 13.8. The zero-order chi connectivity index (χ0) is 39.1. The van der Waals surface area contributed by atoms with Crippen LogP contribution in [0.15, 0.2) is 94.9 Å². The molecule has 0 radical (unpaired) electrons. The van der Waals surface area contributed by atoms with E-state index in [2.05, 4.69) is 91.0 Å². The fourth-order valence-corrected chi connectivity index (χ4v) is 5.28. The predicted molar refractivity (Wildman–Crippen MR) is 196 cm³/mol. The monoisotopic (exact) mass is 795 g/mol. The van der Waals surface area contributed by atoms with E-state index in [0.29, 0.717) is 11.1 Å². The van der Waals surface area contributed by atoms with Crippen LogP contribution >= 0.6 is 17.9 Å². The summed E-state index contributed by atoms with van der Waals surface area (Å²) in [6.45, 7) is 16.7. The summed E-state index contributed by atoms with van der Waals surface area (Å²) in [6.07, 6.45) is 3.56. The summed E-state index contributed by atoms with van der Waals surface area (Å²) < 4.78 is 59.2. The van der Waals surface area contributed by atoms with Gasteiger partial charge in [-0.3, -0.25) is 9.98 Å². The Bertz CT molecular complexity index is 1700. The van der Waals surface area contributed by atoms with Gasteiger partial charge in [-0.25, -0.2) is 0 Å². The van der Waals surface area contributed by atoms with E-state index in [1.807, 2.05) is 74.5 Å². The van der Waals surface area contributed by atoms with Gasteiger partial charge in [0.1, 0.15) is 23.6 Å². The minimum absolute atomic E-state index is 0.212. The van der Waals surface area contributed by atoms with Crippen molar-refractivity contribution in [3.8, 4) is 11.5 Å². The van der Waals surface area contributed by atoms with E-state index in [0.717, 1.165) is 33.4 Å². The maximum absolute atomic E-state index is 11.2. The van der Waals surface area contributed by atoms with Crippen molar-refractivity contribution in [3.05, 3.63) is 129 Å². The number of nitrogens with zero attached hydrogens (tertiary/aromatic N) is 2. The summed E-state index contributed by atoms with van der Waals surface area (Å²) in [7, 11) is -6.21. The molecule has 51 heavy (non-hydrogen) atoms. The van der Waals surface area contributed by atoms with Crippen LogP contribution in [0.4, 0.5) is 25.2 Å². The Balaban J connectivity index is 0.000000894. The third-order valence-electron chi connectivity index (χ3n) is 7.51. The van der Waals surface area contributed by atoms with Crippen molar-refractivity contribution >= 4 is 30.3 Å². The molecule has 0 saturated heterocycles. The van der Waals surface area contributed by atoms with Crippen molar-refractivity contribution < 1.29 is 50.5 Å². The van der Waals surface area contributed by atoms with Gasteiger partial charge < -0.3 is 10.2 Å². The first-order chi connectivity index (χ1) is 23.2. The number of phenolic OH excluding ortho intramolecular Hbond substituents is 2. The Labute approximate surface area is 309 Å². The van der Waals surface area contributed by atoms with E-state index < -0.39 is 7.81 Å². The molecule has 4 aromatic carbocycles. The molecule has 0 heterocycles. The molecule has 13 heteroatoms. The van der Waals surface area contributed by atoms with E-state index in [1.165, 1.54) is 0 Å². The van der Waals surface area contributed by atoms with Crippen LogP contribution in [0.1, 0.15) is 98.1 Å². The Morgan fingerprint density at radius 1 is 0.588 bits per heavy atom. The molecule has 4 nitrogen and oxygen atoms in total. The van der Waals surface area contributed by atoms with E-state index in [-0.39, 0.29) is 34.4 Å². The van der Waals surface area contributed by atoms with Crippen LogP contribution < -0.4 is 0 Å². The summed E-state index contributed by atoms with van der Waals surface area (Å²) in [5.74, 6) is 0.505. The van der Waals surface area contributed by atoms with Gasteiger partial charge in [-0.05, 0) is 59.1 Å². The van der Waals surface area contributed by atoms with Crippen LogP contribution in [0.5, 0.6) is 11.5 Å². The Morgan fingerprint density at radius 2 is 0.863 bits per heavy atom. The van der Waals surface area contributed by atoms with Crippen molar-refractivity contribution in [1.29, 1.82) is 0 Å². The van der Waals surface area contributed by atoms with Gasteiger partial charge in [0.25, 0.3) is 0 Å². The third kappa shape index (κ3) is 15.0. The van der Waals surface area contributed by atoms with Gasteiger partial charge in [0.2, 0.25) is 0 Å². The van der Waals surface area contributed by atoms with Gasteiger partial charge in [-0.1, -0.05) is 114 Å². The van der Waals surface area contributed by atoms with E-state index >= 15 is 0 Å². The fourth-order valence-electron chi connectivity index (χ4n) is 5.28. The minimum atomic E-state index is -10.7. The first-order valence-corrected chi connectivity index (χ1v) is 19.4. The van der Waals surface area contributed by atoms with Crippen LogP contribution in [0, 0.1) is 13.8 Å². The van der Waals surface area contributed by atoms with Crippen LogP contribution in [0.2, 0.25) is 0 Å². The molecule has 0 amide bonds. The standard InChI is InChI=1S/C38H44N2O2.ClH.F6P.Mn/c1-25-19-29(35(41)31(21-25)37(3,4)5)23-39-33(27-15-11-9-12-16-27)34(28-17-13-10-14-18-28)40-24-30-20-26(2)22-32(36(30)42)38(6,7)8;;1-7(2,3,4,5)6;/h9-24,33-34,41-42H,1-8H3;1H;;/q;;-1;+2/p-1/t33-,34-;;;/m0.../s1. The zero-order valence-electron chi connectivity index (χ0n) is 29.7. The molecule has 2 N–H and O–H groups in total. The third-order valence-corrected chi connectivity index (χ3v) is 7.51. The van der Waals surface area contributed by atoms with Crippen LogP contribution in [-0.2, 0) is 25.9 Å². The molecule has 2 atom stereocenters. The molecule has 279 valence electrons. The molecule has 0 unspecified atom stereocenters. The molecule has 0 aromatic heterocycles. The molecule has 0 spiro atoms. The molecule has 0 aliphatic rings. The molecular formula is C38H44ClF6MnN2O2P. The number of benzene rings is 4. The van der Waals surface area contributed by atoms with Crippen LogP contribution in [-0.4, -0.2) is 22.6 Å². The second-order valence-electron chi connectivity index (χ2n) is 14.2. The summed E-state index contributed by atoms with van der Waals surface area (Å²) in [5.41, 5.74) is 6.87. The topological polar surface area (TPSA) is 65.2 Å². The number of rotatable bonds is 7. The normalized spacial score (nSPS) is 14.8. The zero-order valence-corrected chi connectivity index (χ0v) is 32.5. The second kappa shape index (κ2) is 16.1. The molecule has 0 aliphatic carbocycles. The number of aryl methyl sites for hydroxylation is 2. The quantitative estimate of drug-likeness (QED) is 0.0847. The van der Waals surface area contributed by atoms with Gasteiger partial charge in [-0.15, -0.1) is 0 Å². The molecule has 0 saturated carbocycles. The molecule has 0 aliphatic heterocycles. The Morgan fingerprint density at radius 3 is 1.12 bits per heavy atom. The van der Waals surface area contributed by atoms with Crippen molar-refractivity contribution in [1.82, 2.24) is 0 Å². The summed E-state index contributed by atoms with van der Waals surface area (Å²) in [4.78, 5) is 10.2. The molecule has 4 rings (SSSR count). The van der Waals surface area contributed by atoms with E-state index in [1.54, 1.807) is 12.4 Å². The maximum atomic E-state index is 11.2. The van der Waals surface area contributed by atoms with Crippen molar-refractivity contribution in [2.24, 2.45) is 9.98 Å². The van der Waals surface area contributed by atoms with Gasteiger partial charge in [-0.2, -0.15) is 0 Å². The average Bonchev–Trinajstić information content (AvgIpc) is 3.00. The summed E-state index contributed by atoms with van der Waals surface area (Å²) in [6, 6.07) is 27.5. The van der Waals surface area contributed by atoms with E-state index in [4.69, 9.17) is 9.98 Å². The number of aromatic hydroxyl groups is 2. The van der Waals surface area contributed by atoms with Crippen molar-refractivity contribution in [2.45, 2.75) is 78.3 Å². The number of halogens is 7. The van der Waals surface area contributed by atoms with Gasteiger partial charge in [0.15, 0.2) is 0 Å². The van der Waals surface area contributed by atoms with Gasteiger partial charge in [0, 0.05) is 34.7 Å². The van der Waals surface area contributed by atoms with Gasteiger partial charge in [0.05, 0.1) is 0 Å². The first kappa shape index (κ1) is 43.8. The average molecular weight is 796 g/mol. The van der Waals surface area contributed by atoms with Gasteiger partial charge >= 0.3 is 58.2 Å². The summed E-state index contributed by atoms with van der Waals surface area (Å²) in [5, 5.41) is 22.5. The molecular weight excluding hydrogens is 752 g/mol. The molecule has 0 bridgehead atoms. The second-order valence-corrected chi connectivity index (χ2v) is 16.1. The SMILES string of the molecule is Cc1cc(C=N[C@@H](c2ccccc2)[C@@H](N=Cc2cc(C)cc(C(C)(C)C)c2O)c2ccccc2)c(O)c(C(C)(C)C)c1.F[P-](F)(F)(F)(F)F.[Cl][Mn+]. The number of aliphatic imine (C=N–C) groups is 2. The van der Waals surface area contributed by atoms with Crippen LogP contribution in [0.25, 0.3) is 0 Å². The van der Waals surface area contributed by atoms with Crippen molar-refractivity contribution in [3.63, 3.8) is 0 Å². The molecule has 0 fully saturated rings. The van der Waals surface area contributed by atoms with E-state index in [9.17, 15) is 35.4 Å². The molecule has 4 aromatic rings. The summed E-state index contributed by atoms with van der Waals surface area (Å²) >= 11 is 2.41.